The second-order valence-corrected chi connectivity index (χ2v) is 9.64. The molecule has 0 aliphatic carbocycles. The molecule has 1 heterocycles. The Morgan fingerprint density at radius 2 is 1.53 bits per heavy atom. The van der Waals surface area contributed by atoms with Crippen LogP contribution in [0.5, 0.6) is 5.75 Å². The summed E-state index contributed by atoms with van der Waals surface area (Å²) in [7, 11) is 0. The van der Waals surface area contributed by atoms with Crippen LogP contribution < -0.4 is 10.6 Å². The smallest absolute Gasteiger partial charge is 0.315 e. The van der Waals surface area contributed by atoms with Crippen LogP contribution in [0, 0.1) is 6.92 Å². The highest BCUT2D eigenvalue weighted by Crippen LogP contribution is 2.38. The third kappa shape index (κ3) is 6.60. The summed E-state index contributed by atoms with van der Waals surface area (Å²) >= 11 is 0. The van der Waals surface area contributed by atoms with Gasteiger partial charge in [0, 0.05) is 12.1 Å². The molecule has 3 rings (SSSR count). The van der Waals surface area contributed by atoms with Crippen molar-refractivity contribution in [3.05, 3.63) is 64.2 Å². The van der Waals surface area contributed by atoms with Crippen molar-refractivity contribution in [2.45, 2.75) is 55.9 Å². The van der Waals surface area contributed by atoms with Gasteiger partial charge in [-0.3, -0.25) is 0 Å². The van der Waals surface area contributed by atoms with E-state index < -0.39 is 68.5 Å². The van der Waals surface area contributed by atoms with Crippen LogP contribution in [0.15, 0.2) is 36.4 Å². The molecule has 10 N–H and O–H groups in total. The average Bonchev–Trinajstić information content (AvgIpc) is 2.92. The zero-order valence-corrected chi connectivity index (χ0v) is 21.0. The predicted octanol–water partition coefficient (Wildman–Crippen LogP) is -1.68. The fraction of sp³-hybridized carbons (Fsp3) is 0.500. The summed E-state index contributed by atoms with van der Waals surface area (Å²) in [6.45, 7) is -0.488. The number of benzene rings is 2. The van der Waals surface area contributed by atoms with E-state index in [0.29, 0.717) is 6.42 Å². The van der Waals surface area contributed by atoms with Crippen molar-refractivity contribution in [3.63, 3.8) is 0 Å². The van der Waals surface area contributed by atoms with Crippen molar-refractivity contribution >= 4 is 6.03 Å². The number of urea groups is 1. The van der Waals surface area contributed by atoms with E-state index in [-0.39, 0.29) is 17.9 Å². The summed E-state index contributed by atoms with van der Waals surface area (Å²) < 4.78 is 5.60. The number of phenolic OH excluding ortho intramolecular Hbond substituents is 1. The van der Waals surface area contributed by atoms with Gasteiger partial charge in [-0.2, -0.15) is 0 Å². The highest BCUT2D eigenvalue weighted by molar-refractivity contribution is 5.74. The van der Waals surface area contributed by atoms with Crippen LogP contribution >= 0.6 is 0 Å². The molecule has 1 aliphatic heterocycles. The molecule has 0 bridgehead atoms. The van der Waals surface area contributed by atoms with Crippen molar-refractivity contribution < 1.29 is 50.4 Å². The first-order chi connectivity index (χ1) is 18.1. The second kappa shape index (κ2) is 12.8. The predicted molar refractivity (Wildman–Crippen MR) is 134 cm³/mol. The molecule has 210 valence electrons. The maximum atomic E-state index is 12.1. The molecule has 12 heteroatoms. The summed E-state index contributed by atoms with van der Waals surface area (Å²) in [6.07, 6.45) is -6.39. The molecular formula is C26H36N2O10. The third-order valence-corrected chi connectivity index (χ3v) is 6.84. The second-order valence-electron chi connectivity index (χ2n) is 9.64. The van der Waals surface area contributed by atoms with Crippen LogP contribution in [-0.4, -0.2) is 103 Å². The Bertz CT molecular complexity index is 1070. The highest BCUT2D eigenvalue weighted by Gasteiger charge is 2.44. The van der Waals surface area contributed by atoms with Crippen LogP contribution in [-0.2, 0) is 17.7 Å². The van der Waals surface area contributed by atoms with Gasteiger partial charge in [0.15, 0.2) is 0 Å². The highest BCUT2D eigenvalue weighted by atomic mass is 16.5. The SMILES string of the molecule is Cc1cc(O)c([C@@H]2O[C@H](CO)[C@@H](O)[C@H](O)[C@H]2O)cc1Cc1ccc(CNC(=O)NC(CO)(CO)CO)cc1. The number of nitrogens with one attached hydrogen (secondary N) is 2. The fourth-order valence-electron chi connectivity index (χ4n) is 4.26. The molecule has 0 spiro atoms. The molecule has 0 unspecified atom stereocenters. The number of aliphatic hydroxyl groups excluding tert-OH is 7. The maximum Gasteiger partial charge on any atom is 0.315 e. The third-order valence-electron chi connectivity index (χ3n) is 6.84. The Balaban J connectivity index is 1.69. The summed E-state index contributed by atoms with van der Waals surface area (Å²) in [5.41, 5.74) is 1.97. The number of amides is 2. The first-order valence-corrected chi connectivity index (χ1v) is 12.2. The van der Waals surface area contributed by atoms with Gasteiger partial charge in [-0.1, -0.05) is 24.3 Å². The van der Waals surface area contributed by atoms with Gasteiger partial charge in [0.1, 0.15) is 41.8 Å². The largest absolute Gasteiger partial charge is 0.508 e. The van der Waals surface area contributed by atoms with E-state index in [0.717, 1.165) is 22.3 Å². The molecule has 2 aromatic carbocycles. The van der Waals surface area contributed by atoms with E-state index in [9.17, 15) is 45.6 Å². The van der Waals surface area contributed by atoms with Crippen LogP contribution in [0.2, 0.25) is 0 Å². The van der Waals surface area contributed by atoms with Crippen molar-refractivity contribution in [2.75, 3.05) is 26.4 Å². The van der Waals surface area contributed by atoms with E-state index in [1.165, 1.54) is 6.07 Å². The average molecular weight is 537 g/mol. The molecular weight excluding hydrogens is 500 g/mol. The number of rotatable bonds is 10. The number of carbonyl (C=O) groups excluding carboxylic acids is 1. The van der Waals surface area contributed by atoms with Crippen molar-refractivity contribution in [1.29, 1.82) is 0 Å². The number of aryl methyl sites for hydroxylation is 1. The number of hydrogen-bond donors (Lipinski definition) is 10. The first kappa shape index (κ1) is 29.7. The molecule has 1 fully saturated rings. The summed E-state index contributed by atoms with van der Waals surface area (Å²) in [4.78, 5) is 12.1. The molecule has 0 radical (unpaired) electrons. The van der Waals surface area contributed by atoms with Gasteiger partial charge in [-0.05, 0) is 47.7 Å². The lowest BCUT2D eigenvalue weighted by molar-refractivity contribution is -0.232. The molecule has 1 aliphatic rings. The topological polar surface area (TPSA) is 212 Å². The Kier molecular flexibility index (Phi) is 10.0. The van der Waals surface area contributed by atoms with Crippen LogP contribution in [0.3, 0.4) is 0 Å². The quantitative estimate of drug-likeness (QED) is 0.167. The van der Waals surface area contributed by atoms with Gasteiger partial charge in [0.05, 0.1) is 26.4 Å². The molecule has 1 saturated heterocycles. The number of aromatic hydroxyl groups is 1. The van der Waals surface area contributed by atoms with E-state index in [2.05, 4.69) is 10.6 Å². The lowest BCUT2D eigenvalue weighted by Crippen LogP contribution is -2.59. The van der Waals surface area contributed by atoms with E-state index >= 15 is 0 Å². The first-order valence-electron chi connectivity index (χ1n) is 12.2. The molecule has 0 aromatic heterocycles. The molecule has 38 heavy (non-hydrogen) atoms. The molecule has 12 nitrogen and oxygen atoms in total. The number of ether oxygens (including phenoxy) is 1. The van der Waals surface area contributed by atoms with Crippen LogP contribution in [0.4, 0.5) is 4.79 Å². The summed E-state index contributed by atoms with van der Waals surface area (Å²) in [5.74, 6) is -0.150. The summed E-state index contributed by atoms with van der Waals surface area (Å²) in [5, 5.41) is 83.6. The van der Waals surface area contributed by atoms with Gasteiger partial charge in [0.25, 0.3) is 0 Å². The minimum Gasteiger partial charge on any atom is -0.508 e. The Morgan fingerprint density at radius 1 is 0.921 bits per heavy atom. The minimum absolute atomic E-state index is 0.150. The lowest BCUT2D eigenvalue weighted by atomic mass is 9.88. The van der Waals surface area contributed by atoms with Crippen molar-refractivity contribution in [2.24, 2.45) is 0 Å². The lowest BCUT2D eigenvalue weighted by Gasteiger charge is -2.40. The van der Waals surface area contributed by atoms with E-state index in [1.807, 2.05) is 19.1 Å². The number of phenols is 1. The van der Waals surface area contributed by atoms with Gasteiger partial charge < -0.3 is 56.2 Å². The standard InChI is InChI=1S/C26H36N2O10/c1-14-6-19(33)18(24-23(36)22(35)21(34)20(10-29)38-24)8-17(14)7-15-2-4-16(5-3-15)9-27-25(37)28-26(11-30,12-31)13-32/h2-6,8,20-24,29-36H,7,9-13H2,1H3,(H2,27,28,37)/t20-,21-,22+,23-,24+/m1/s1. The fourth-order valence-corrected chi connectivity index (χ4v) is 4.26. The summed E-state index contributed by atoms with van der Waals surface area (Å²) in [6, 6.07) is 9.85. The Morgan fingerprint density at radius 3 is 2.11 bits per heavy atom. The van der Waals surface area contributed by atoms with Crippen molar-refractivity contribution in [3.8, 4) is 5.75 Å². The van der Waals surface area contributed by atoms with Gasteiger partial charge in [-0.25, -0.2) is 4.79 Å². The normalized spacial score (nSPS) is 23.7. The van der Waals surface area contributed by atoms with Crippen molar-refractivity contribution in [1.82, 2.24) is 10.6 Å². The maximum absolute atomic E-state index is 12.1. The van der Waals surface area contributed by atoms with Gasteiger partial charge >= 0.3 is 6.03 Å². The minimum atomic E-state index is -1.56. The zero-order chi connectivity index (χ0) is 28.0. The van der Waals surface area contributed by atoms with Crippen LogP contribution in [0.25, 0.3) is 0 Å². The molecule has 2 aromatic rings. The van der Waals surface area contributed by atoms with Gasteiger partial charge in [-0.15, -0.1) is 0 Å². The number of hydrogen-bond acceptors (Lipinski definition) is 10. The van der Waals surface area contributed by atoms with Gasteiger partial charge in [0.2, 0.25) is 0 Å². The molecule has 2 amide bonds. The molecule has 5 atom stereocenters. The molecule has 0 saturated carbocycles. The zero-order valence-electron chi connectivity index (χ0n) is 21.0. The van der Waals surface area contributed by atoms with E-state index in [1.54, 1.807) is 18.2 Å². The monoisotopic (exact) mass is 536 g/mol. The van der Waals surface area contributed by atoms with Crippen LogP contribution in [0.1, 0.15) is 33.9 Å². The Labute approximate surface area is 219 Å². The Hall–Kier alpha value is -2.81. The number of carbonyl (C=O) groups is 1. The van der Waals surface area contributed by atoms with E-state index in [4.69, 9.17) is 4.74 Å². The number of aliphatic hydroxyl groups is 7.